The van der Waals surface area contributed by atoms with Gasteiger partial charge in [0.05, 0.1) is 21.8 Å². The Morgan fingerprint density at radius 1 is 1.16 bits per heavy atom. The zero-order valence-corrected chi connectivity index (χ0v) is 11.6. The Kier molecular flexibility index (Phi) is 4.17. The molecule has 0 aliphatic carbocycles. The van der Waals surface area contributed by atoms with E-state index in [1.165, 1.54) is 12.1 Å². The van der Waals surface area contributed by atoms with Gasteiger partial charge in [0.2, 0.25) is 0 Å². The molecule has 2 rings (SSSR count). The van der Waals surface area contributed by atoms with Crippen LogP contribution in [0.2, 0.25) is 10.0 Å². The van der Waals surface area contributed by atoms with Crippen molar-refractivity contribution < 1.29 is 9.50 Å². The van der Waals surface area contributed by atoms with Crippen molar-refractivity contribution in [1.82, 2.24) is 0 Å². The molecule has 0 aromatic heterocycles. The highest BCUT2D eigenvalue weighted by atomic mass is 35.5. The highest BCUT2D eigenvalue weighted by Gasteiger charge is 2.14. The van der Waals surface area contributed by atoms with Crippen LogP contribution in [0.25, 0.3) is 0 Å². The number of rotatable bonds is 3. The summed E-state index contributed by atoms with van der Waals surface area (Å²) in [5.41, 5.74) is 1.15. The van der Waals surface area contributed by atoms with Crippen LogP contribution in [0.4, 0.5) is 10.1 Å². The molecular formula is C14H12Cl2FNO. The maximum absolute atomic E-state index is 12.9. The second kappa shape index (κ2) is 5.68. The molecule has 2 nitrogen and oxygen atoms in total. The predicted octanol–water partition coefficient (Wildman–Crippen LogP) is 5.01. The van der Waals surface area contributed by atoms with E-state index in [-0.39, 0.29) is 11.8 Å². The van der Waals surface area contributed by atoms with Crippen LogP contribution < -0.4 is 5.32 Å². The molecule has 0 heterocycles. The number of phenols is 1. The van der Waals surface area contributed by atoms with Crippen LogP contribution in [0.15, 0.2) is 36.4 Å². The number of phenolic OH excluding ortho intramolecular Hbond substituents is 1. The van der Waals surface area contributed by atoms with Crippen LogP contribution in [0.5, 0.6) is 5.75 Å². The summed E-state index contributed by atoms with van der Waals surface area (Å²) in [6.45, 7) is 1.83. The van der Waals surface area contributed by atoms with E-state index in [9.17, 15) is 9.50 Å². The monoisotopic (exact) mass is 299 g/mol. The molecule has 2 aromatic rings. The van der Waals surface area contributed by atoms with Crippen LogP contribution in [0.3, 0.4) is 0 Å². The average Bonchev–Trinajstić information content (AvgIpc) is 2.33. The lowest BCUT2D eigenvalue weighted by Gasteiger charge is -2.18. The summed E-state index contributed by atoms with van der Waals surface area (Å²) in [7, 11) is 0. The van der Waals surface area contributed by atoms with Gasteiger partial charge in [-0.1, -0.05) is 35.3 Å². The van der Waals surface area contributed by atoms with Crippen molar-refractivity contribution in [3.05, 3.63) is 57.8 Å². The van der Waals surface area contributed by atoms with Gasteiger partial charge in [0.25, 0.3) is 0 Å². The molecule has 5 heteroatoms. The first-order valence-corrected chi connectivity index (χ1v) is 6.43. The minimum atomic E-state index is -0.482. The van der Waals surface area contributed by atoms with Gasteiger partial charge < -0.3 is 10.4 Å². The Hall–Kier alpha value is -1.45. The summed E-state index contributed by atoms with van der Waals surface area (Å²) >= 11 is 12.1. The molecule has 19 heavy (non-hydrogen) atoms. The fourth-order valence-electron chi connectivity index (χ4n) is 1.81. The van der Waals surface area contributed by atoms with Gasteiger partial charge in [-0.3, -0.25) is 0 Å². The van der Waals surface area contributed by atoms with E-state index in [1.54, 1.807) is 18.2 Å². The van der Waals surface area contributed by atoms with Crippen molar-refractivity contribution in [2.24, 2.45) is 0 Å². The molecule has 100 valence electrons. The summed E-state index contributed by atoms with van der Waals surface area (Å²) in [5.74, 6) is -0.590. The topological polar surface area (TPSA) is 32.3 Å². The van der Waals surface area contributed by atoms with E-state index in [0.29, 0.717) is 21.3 Å². The van der Waals surface area contributed by atoms with Crippen molar-refractivity contribution in [2.75, 3.05) is 5.32 Å². The minimum Gasteiger partial charge on any atom is -0.507 e. The van der Waals surface area contributed by atoms with Crippen molar-refractivity contribution in [3.63, 3.8) is 0 Å². The van der Waals surface area contributed by atoms with Crippen molar-refractivity contribution >= 4 is 28.9 Å². The van der Waals surface area contributed by atoms with Crippen LogP contribution in [0.1, 0.15) is 18.5 Å². The number of benzene rings is 2. The average molecular weight is 300 g/mol. The maximum atomic E-state index is 12.9. The molecule has 0 fully saturated rings. The Labute approximate surface area is 120 Å². The highest BCUT2D eigenvalue weighted by Crippen LogP contribution is 2.34. The van der Waals surface area contributed by atoms with Gasteiger partial charge in [0.15, 0.2) is 0 Å². The second-order valence-corrected chi connectivity index (χ2v) is 4.98. The molecule has 1 unspecified atom stereocenters. The van der Waals surface area contributed by atoms with Gasteiger partial charge in [-0.15, -0.1) is 0 Å². The van der Waals surface area contributed by atoms with E-state index in [2.05, 4.69) is 5.32 Å². The van der Waals surface area contributed by atoms with E-state index in [4.69, 9.17) is 23.2 Å². The number of halogens is 3. The van der Waals surface area contributed by atoms with Crippen molar-refractivity contribution in [2.45, 2.75) is 13.0 Å². The fourth-order valence-corrected chi connectivity index (χ4v) is 2.32. The van der Waals surface area contributed by atoms with Gasteiger partial charge in [-0.05, 0) is 25.1 Å². The van der Waals surface area contributed by atoms with Crippen LogP contribution in [0, 0.1) is 5.82 Å². The normalized spacial score (nSPS) is 12.2. The first kappa shape index (κ1) is 14.0. The van der Waals surface area contributed by atoms with Crippen molar-refractivity contribution in [1.29, 1.82) is 0 Å². The third-order valence-electron chi connectivity index (χ3n) is 2.78. The number of nitrogens with one attached hydrogen (secondary N) is 1. The molecule has 2 aromatic carbocycles. The summed E-state index contributed by atoms with van der Waals surface area (Å²) in [6, 6.07) is 8.80. The molecule has 0 bridgehead atoms. The van der Waals surface area contributed by atoms with Gasteiger partial charge in [-0.25, -0.2) is 4.39 Å². The first-order valence-electron chi connectivity index (χ1n) is 5.68. The fraction of sp³-hybridized carbons (Fsp3) is 0.143. The van der Waals surface area contributed by atoms with E-state index >= 15 is 0 Å². The molecule has 0 amide bonds. The molecule has 0 aliphatic rings. The number of anilines is 1. The van der Waals surface area contributed by atoms with Gasteiger partial charge in [0, 0.05) is 11.6 Å². The quantitative estimate of drug-likeness (QED) is 0.835. The zero-order valence-electron chi connectivity index (χ0n) is 10.1. The van der Waals surface area contributed by atoms with E-state index < -0.39 is 5.82 Å². The van der Waals surface area contributed by atoms with Gasteiger partial charge in [-0.2, -0.15) is 0 Å². The Bertz CT molecular complexity index is 584. The Balaban J connectivity index is 2.28. The Morgan fingerprint density at radius 2 is 1.79 bits per heavy atom. The maximum Gasteiger partial charge on any atom is 0.126 e. The second-order valence-electron chi connectivity index (χ2n) is 4.17. The Morgan fingerprint density at radius 3 is 2.37 bits per heavy atom. The first-order chi connectivity index (χ1) is 8.99. The predicted molar refractivity (Wildman–Crippen MR) is 76.6 cm³/mol. The van der Waals surface area contributed by atoms with Gasteiger partial charge >= 0.3 is 0 Å². The largest absolute Gasteiger partial charge is 0.507 e. The van der Waals surface area contributed by atoms with Crippen LogP contribution >= 0.6 is 23.2 Å². The third-order valence-corrected chi connectivity index (χ3v) is 3.41. The third kappa shape index (κ3) is 3.11. The molecule has 0 saturated heterocycles. The molecule has 0 radical (unpaired) electrons. The highest BCUT2D eigenvalue weighted by molar-refractivity contribution is 6.39. The summed E-state index contributed by atoms with van der Waals surface area (Å²) < 4.78 is 12.9. The van der Waals surface area contributed by atoms with E-state index in [0.717, 1.165) is 6.07 Å². The standard InChI is InChI=1S/C14H12Cl2FNO/c1-8(10-6-5-9(17)7-13(10)19)18-14-11(15)3-2-4-12(14)16/h2-8,18-19H,1H3. The lowest BCUT2D eigenvalue weighted by molar-refractivity contribution is 0.459. The van der Waals surface area contributed by atoms with Crippen molar-refractivity contribution in [3.8, 4) is 5.75 Å². The number of aromatic hydroxyl groups is 1. The molecule has 0 spiro atoms. The summed E-state index contributed by atoms with van der Waals surface area (Å²) in [4.78, 5) is 0. The van der Waals surface area contributed by atoms with E-state index in [1.807, 2.05) is 6.92 Å². The summed E-state index contributed by atoms with van der Waals surface area (Å²) in [5, 5.41) is 13.8. The number of hydrogen-bond acceptors (Lipinski definition) is 2. The number of hydrogen-bond donors (Lipinski definition) is 2. The number of para-hydroxylation sites is 1. The van der Waals surface area contributed by atoms with Crippen LogP contribution in [-0.4, -0.2) is 5.11 Å². The molecular weight excluding hydrogens is 288 g/mol. The molecule has 0 aliphatic heterocycles. The lowest BCUT2D eigenvalue weighted by Crippen LogP contribution is -2.07. The molecule has 2 N–H and O–H groups in total. The molecule has 0 saturated carbocycles. The van der Waals surface area contributed by atoms with Gasteiger partial charge in [0.1, 0.15) is 11.6 Å². The molecule has 1 atom stereocenters. The zero-order chi connectivity index (χ0) is 14.0. The SMILES string of the molecule is CC(Nc1c(Cl)cccc1Cl)c1ccc(F)cc1O. The lowest BCUT2D eigenvalue weighted by atomic mass is 10.1. The van der Waals surface area contributed by atoms with Crippen LogP contribution in [-0.2, 0) is 0 Å². The summed E-state index contributed by atoms with van der Waals surface area (Å²) in [6.07, 6.45) is 0. The smallest absolute Gasteiger partial charge is 0.126 e. The minimum absolute atomic E-state index is 0.108.